The van der Waals surface area contributed by atoms with Crippen LogP contribution in [0.25, 0.3) is 0 Å². The maximum atomic E-state index is 13.0. The van der Waals surface area contributed by atoms with Crippen molar-refractivity contribution in [2.75, 3.05) is 20.2 Å². The highest BCUT2D eigenvalue weighted by Crippen LogP contribution is 2.33. The van der Waals surface area contributed by atoms with Crippen LogP contribution in [-0.2, 0) is 20.9 Å². The number of esters is 1. The smallest absolute Gasteiger partial charge is 0.410 e. The minimum absolute atomic E-state index is 0.0406. The molecule has 1 saturated carbocycles. The molecule has 9 heteroatoms. The molecule has 4 rings (SSSR count). The van der Waals surface area contributed by atoms with Crippen molar-refractivity contribution in [3.8, 4) is 0 Å². The number of ether oxygens (including phenoxy) is 2. The van der Waals surface area contributed by atoms with Crippen LogP contribution in [0.2, 0.25) is 0 Å². The number of aromatic nitrogens is 1. The van der Waals surface area contributed by atoms with E-state index in [1.807, 2.05) is 37.3 Å². The summed E-state index contributed by atoms with van der Waals surface area (Å²) >= 11 is 1.49. The largest absolute Gasteiger partial charge is 0.469 e. The summed E-state index contributed by atoms with van der Waals surface area (Å²) < 4.78 is 10.2. The number of nitrogens with zero attached hydrogens (tertiary/aromatic N) is 2. The van der Waals surface area contributed by atoms with Gasteiger partial charge in [-0.05, 0) is 63.4 Å². The molecule has 0 bridgehead atoms. The summed E-state index contributed by atoms with van der Waals surface area (Å²) in [6.45, 7) is 3.42. The Hall–Kier alpha value is -2.94. The second-order valence-corrected chi connectivity index (χ2v) is 11.1. The van der Waals surface area contributed by atoms with Crippen LogP contribution in [0.15, 0.2) is 30.3 Å². The lowest BCUT2D eigenvalue weighted by Gasteiger charge is -2.30. The maximum absolute atomic E-state index is 13.0. The Bertz CT molecular complexity index is 1060. The van der Waals surface area contributed by atoms with Crippen LogP contribution >= 0.6 is 11.3 Å². The number of carbonyl (C=O) groups excluding carboxylic acids is 3. The highest BCUT2D eigenvalue weighted by Gasteiger charge is 2.29. The van der Waals surface area contributed by atoms with E-state index in [1.54, 1.807) is 4.90 Å². The minimum atomic E-state index is -0.280. The third-order valence-electron chi connectivity index (χ3n) is 7.49. The van der Waals surface area contributed by atoms with E-state index in [4.69, 9.17) is 14.5 Å². The number of carbonyl (C=O) groups is 3. The SMILES string of the molecule is COC(=O)CCC1CCC(NC(=O)c2sc(C3CCN(C(=O)OCc4ccccc4)CC3)nc2C)CC1. The standard InChI is InChI=1S/C28H37N3O5S/c1-19-25(26(33)30-23-11-8-20(9-12-23)10-13-24(32)35-2)37-27(29-19)22-14-16-31(17-15-22)28(34)36-18-21-6-4-3-5-7-21/h3-7,20,22-23H,8-18H2,1-2H3,(H,30,33). The zero-order valence-electron chi connectivity index (χ0n) is 21.7. The fourth-order valence-electron chi connectivity index (χ4n) is 5.19. The average Bonchev–Trinajstić information content (AvgIpc) is 3.33. The second-order valence-electron chi connectivity index (χ2n) is 10.1. The first-order valence-electron chi connectivity index (χ1n) is 13.2. The summed E-state index contributed by atoms with van der Waals surface area (Å²) in [6.07, 6.45) is 6.56. The first kappa shape index (κ1) is 27.1. The van der Waals surface area contributed by atoms with Gasteiger partial charge in [0.05, 0.1) is 17.8 Å². The second kappa shape index (κ2) is 13.0. The predicted molar refractivity (Wildman–Crippen MR) is 141 cm³/mol. The molecule has 2 heterocycles. The first-order valence-corrected chi connectivity index (χ1v) is 14.0. The number of piperidine rings is 1. The predicted octanol–water partition coefficient (Wildman–Crippen LogP) is 5.21. The van der Waals surface area contributed by atoms with E-state index in [0.717, 1.165) is 61.2 Å². The number of amides is 2. The van der Waals surface area contributed by atoms with Crippen molar-refractivity contribution in [3.05, 3.63) is 51.5 Å². The van der Waals surface area contributed by atoms with E-state index in [1.165, 1.54) is 18.4 Å². The van der Waals surface area contributed by atoms with Crippen molar-refractivity contribution in [2.24, 2.45) is 5.92 Å². The lowest BCUT2D eigenvalue weighted by Crippen LogP contribution is -2.38. The third kappa shape index (κ3) is 7.53. The Labute approximate surface area is 222 Å². The number of hydrogen-bond acceptors (Lipinski definition) is 7. The van der Waals surface area contributed by atoms with Crippen LogP contribution in [0.1, 0.15) is 83.2 Å². The molecule has 0 unspecified atom stereocenters. The summed E-state index contributed by atoms with van der Waals surface area (Å²) in [5, 5.41) is 4.19. The Balaban J connectivity index is 1.22. The Kier molecular flexibility index (Phi) is 9.55. The molecular formula is C28H37N3O5S. The molecule has 1 N–H and O–H groups in total. The highest BCUT2D eigenvalue weighted by atomic mass is 32.1. The summed E-state index contributed by atoms with van der Waals surface area (Å²) in [4.78, 5) is 44.1. The van der Waals surface area contributed by atoms with E-state index in [2.05, 4.69) is 5.32 Å². The lowest BCUT2D eigenvalue weighted by atomic mass is 9.83. The molecule has 1 aliphatic heterocycles. The van der Waals surface area contributed by atoms with Gasteiger partial charge in [0.15, 0.2) is 0 Å². The van der Waals surface area contributed by atoms with Gasteiger partial charge in [0.2, 0.25) is 0 Å². The molecular weight excluding hydrogens is 490 g/mol. The number of nitrogens with one attached hydrogen (secondary N) is 1. The quantitative estimate of drug-likeness (QED) is 0.474. The van der Waals surface area contributed by atoms with Gasteiger partial charge in [-0.2, -0.15) is 0 Å². The fraction of sp³-hybridized carbons (Fsp3) is 0.571. The number of rotatable bonds is 8. The van der Waals surface area contributed by atoms with Crippen LogP contribution in [-0.4, -0.2) is 54.1 Å². The van der Waals surface area contributed by atoms with E-state index in [9.17, 15) is 14.4 Å². The lowest BCUT2D eigenvalue weighted by molar-refractivity contribution is -0.141. The zero-order valence-corrected chi connectivity index (χ0v) is 22.6. The number of thiazole rings is 1. The van der Waals surface area contributed by atoms with Gasteiger partial charge in [0, 0.05) is 31.5 Å². The number of aryl methyl sites for hydroxylation is 1. The maximum Gasteiger partial charge on any atom is 0.410 e. The Morgan fingerprint density at radius 2 is 1.76 bits per heavy atom. The molecule has 0 radical (unpaired) electrons. The van der Waals surface area contributed by atoms with Crippen LogP contribution in [0.5, 0.6) is 0 Å². The zero-order chi connectivity index (χ0) is 26.2. The van der Waals surface area contributed by atoms with Crippen molar-refractivity contribution < 1.29 is 23.9 Å². The van der Waals surface area contributed by atoms with Crippen LogP contribution in [0.3, 0.4) is 0 Å². The molecule has 200 valence electrons. The summed E-state index contributed by atoms with van der Waals surface area (Å²) in [6, 6.07) is 9.84. The summed E-state index contributed by atoms with van der Waals surface area (Å²) in [5.41, 5.74) is 1.75. The van der Waals surface area contributed by atoms with Crippen LogP contribution < -0.4 is 5.32 Å². The molecule has 1 aromatic heterocycles. The summed E-state index contributed by atoms with van der Waals surface area (Å²) in [5.74, 6) is 0.570. The number of methoxy groups -OCH3 is 1. The van der Waals surface area contributed by atoms with Gasteiger partial charge in [-0.3, -0.25) is 9.59 Å². The van der Waals surface area contributed by atoms with Gasteiger partial charge < -0.3 is 19.7 Å². The molecule has 8 nitrogen and oxygen atoms in total. The van der Waals surface area contributed by atoms with E-state index in [0.29, 0.717) is 30.3 Å². The van der Waals surface area contributed by atoms with Crippen LogP contribution in [0.4, 0.5) is 4.79 Å². The highest BCUT2D eigenvalue weighted by molar-refractivity contribution is 7.13. The van der Waals surface area contributed by atoms with Gasteiger partial charge in [-0.25, -0.2) is 9.78 Å². The van der Waals surface area contributed by atoms with Gasteiger partial charge in [0.25, 0.3) is 5.91 Å². The molecule has 1 saturated heterocycles. The normalized spacial score (nSPS) is 20.3. The van der Waals surface area contributed by atoms with Crippen molar-refractivity contribution in [2.45, 2.75) is 76.9 Å². The molecule has 2 amide bonds. The van der Waals surface area contributed by atoms with Gasteiger partial charge >= 0.3 is 12.1 Å². The van der Waals surface area contributed by atoms with E-state index < -0.39 is 0 Å². The number of hydrogen-bond donors (Lipinski definition) is 1. The molecule has 1 aliphatic carbocycles. The van der Waals surface area contributed by atoms with Gasteiger partial charge in [0.1, 0.15) is 11.5 Å². The molecule has 2 aromatic rings. The van der Waals surface area contributed by atoms with Gasteiger partial charge in [-0.15, -0.1) is 11.3 Å². The fourth-order valence-corrected chi connectivity index (χ4v) is 6.33. The van der Waals surface area contributed by atoms with Crippen molar-refractivity contribution >= 4 is 29.3 Å². The van der Waals surface area contributed by atoms with Crippen molar-refractivity contribution in [3.63, 3.8) is 0 Å². The van der Waals surface area contributed by atoms with E-state index in [-0.39, 0.29) is 36.5 Å². The topological polar surface area (TPSA) is 97.8 Å². The van der Waals surface area contributed by atoms with Crippen LogP contribution in [0, 0.1) is 12.8 Å². The monoisotopic (exact) mass is 527 g/mol. The van der Waals surface area contributed by atoms with E-state index >= 15 is 0 Å². The Morgan fingerprint density at radius 1 is 1.05 bits per heavy atom. The third-order valence-corrected chi connectivity index (χ3v) is 8.81. The molecule has 2 fully saturated rings. The Morgan fingerprint density at radius 3 is 2.43 bits per heavy atom. The molecule has 0 atom stereocenters. The molecule has 1 aromatic carbocycles. The molecule has 0 spiro atoms. The average molecular weight is 528 g/mol. The minimum Gasteiger partial charge on any atom is -0.469 e. The van der Waals surface area contributed by atoms with Crippen molar-refractivity contribution in [1.82, 2.24) is 15.2 Å². The van der Waals surface area contributed by atoms with Gasteiger partial charge in [-0.1, -0.05) is 30.3 Å². The van der Waals surface area contributed by atoms with Crippen molar-refractivity contribution in [1.29, 1.82) is 0 Å². The number of likely N-dealkylation sites (tertiary alicyclic amines) is 1. The molecule has 37 heavy (non-hydrogen) atoms. The molecule has 2 aliphatic rings. The summed E-state index contributed by atoms with van der Waals surface area (Å²) in [7, 11) is 1.43. The number of benzene rings is 1. The first-order chi connectivity index (χ1) is 17.9.